The van der Waals surface area contributed by atoms with Gasteiger partial charge < -0.3 is 15.4 Å². The van der Waals surface area contributed by atoms with Gasteiger partial charge in [-0.3, -0.25) is 4.79 Å². The zero-order chi connectivity index (χ0) is 13.9. The Hall–Kier alpha value is -0.910. The molecule has 0 saturated carbocycles. The molecule has 106 valence electrons. The summed E-state index contributed by atoms with van der Waals surface area (Å²) in [4.78, 5) is 14.4. The molecule has 1 aliphatic heterocycles. The van der Waals surface area contributed by atoms with Gasteiger partial charge in [0.15, 0.2) is 0 Å². The van der Waals surface area contributed by atoms with Crippen molar-refractivity contribution in [3.05, 3.63) is 21.9 Å². The van der Waals surface area contributed by atoms with Crippen LogP contribution in [0.15, 0.2) is 12.1 Å². The Labute approximate surface area is 118 Å². The van der Waals surface area contributed by atoms with Crippen molar-refractivity contribution in [2.45, 2.75) is 38.8 Å². The third-order valence-corrected chi connectivity index (χ3v) is 4.28. The van der Waals surface area contributed by atoms with E-state index >= 15 is 0 Å². The molecule has 0 aromatic carbocycles. The molecular formula is C14H22N2O2S. The third-order valence-electron chi connectivity index (χ3n) is 3.26. The standard InChI is InChI=1S/C14H22N2O2S/c1-10(6-12-5-4-11(2)19-12)16-13(17)7-18-14(3)8-15-9-14/h4-5,10,15H,6-9H2,1-3H3,(H,16,17). The van der Waals surface area contributed by atoms with E-state index in [1.54, 1.807) is 11.3 Å². The van der Waals surface area contributed by atoms with Crippen LogP contribution >= 0.6 is 11.3 Å². The van der Waals surface area contributed by atoms with E-state index < -0.39 is 0 Å². The van der Waals surface area contributed by atoms with Gasteiger partial charge in [0, 0.05) is 35.3 Å². The summed E-state index contributed by atoms with van der Waals surface area (Å²) >= 11 is 1.78. The normalized spacial score (nSPS) is 18.7. The molecule has 1 aliphatic rings. The topological polar surface area (TPSA) is 50.4 Å². The third kappa shape index (κ3) is 4.30. The first-order valence-corrected chi connectivity index (χ1v) is 7.48. The average molecular weight is 282 g/mol. The molecule has 1 amide bonds. The predicted molar refractivity (Wildman–Crippen MR) is 77.6 cm³/mol. The molecule has 0 aliphatic carbocycles. The molecule has 1 saturated heterocycles. The molecule has 4 nitrogen and oxygen atoms in total. The fourth-order valence-electron chi connectivity index (χ4n) is 2.08. The van der Waals surface area contributed by atoms with Crippen molar-refractivity contribution >= 4 is 17.2 Å². The minimum absolute atomic E-state index is 0.0334. The van der Waals surface area contributed by atoms with Gasteiger partial charge in [-0.25, -0.2) is 0 Å². The molecule has 19 heavy (non-hydrogen) atoms. The Balaban J connectivity index is 1.69. The van der Waals surface area contributed by atoms with E-state index in [-0.39, 0.29) is 24.2 Å². The first-order valence-electron chi connectivity index (χ1n) is 6.66. The van der Waals surface area contributed by atoms with Crippen LogP contribution < -0.4 is 10.6 Å². The van der Waals surface area contributed by atoms with Crippen LogP contribution in [0.25, 0.3) is 0 Å². The van der Waals surface area contributed by atoms with Gasteiger partial charge in [0.1, 0.15) is 6.61 Å². The van der Waals surface area contributed by atoms with Crippen LogP contribution in [0.1, 0.15) is 23.6 Å². The maximum Gasteiger partial charge on any atom is 0.246 e. The molecule has 1 atom stereocenters. The van der Waals surface area contributed by atoms with Crippen LogP contribution in [0.4, 0.5) is 0 Å². The summed E-state index contributed by atoms with van der Waals surface area (Å²) in [5, 5.41) is 6.13. The summed E-state index contributed by atoms with van der Waals surface area (Å²) in [6, 6.07) is 4.38. The van der Waals surface area contributed by atoms with E-state index in [1.165, 1.54) is 9.75 Å². The minimum Gasteiger partial charge on any atom is -0.363 e. The minimum atomic E-state index is -0.161. The van der Waals surface area contributed by atoms with Gasteiger partial charge in [0.2, 0.25) is 5.91 Å². The number of thiophene rings is 1. The number of nitrogens with one attached hydrogen (secondary N) is 2. The van der Waals surface area contributed by atoms with Gasteiger partial charge in [0.05, 0.1) is 5.60 Å². The highest BCUT2D eigenvalue weighted by atomic mass is 32.1. The zero-order valence-corrected chi connectivity index (χ0v) is 12.6. The Kier molecular flexibility index (Phi) is 4.60. The number of ether oxygens (including phenoxy) is 1. The van der Waals surface area contributed by atoms with Gasteiger partial charge >= 0.3 is 0 Å². The van der Waals surface area contributed by atoms with Crippen molar-refractivity contribution in [2.24, 2.45) is 0 Å². The van der Waals surface area contributed by atoms with Crippen LogP contribution in [-0.2, 0) is 16.0 Å². The van der Waals surface area contributed by atoms with E-state index in [4.69, 9.17) is 4.74 Å². The Morgan fingerprint density at radius 1 is 1.58 bits per heavy atom. The van der Waals surface area contributed by atoms with Crippen LogP contribution in [0.5, 0.6) is 0 Å². The molecule has 1 fully saturated rings. The highest BCUT2D eigenvalue weighted by molar-refractivity contribution is 7.11. The molecule has 5 heteroatoms. The van der Waals surface area contributed by atoms with Crippen LogP contribution in [0.2, 0.25) is 0 Å². The number of aryl methyl sites for hydroxylation is 1. The van der Waals surface area contributed by atoms with Gasteiger partial charge in [-0.15, -0.1) is 11.3 Å². The number of rotatable bonds is 6. The first-order chi connectivity index (χ1) is 8.97. The molecule has 0 radical (unpaired) electrons. The van der Waals surface area contributed by atoms with E-state index in [2.05, 4.69) is 29.7 Å². The van der Waals surface area contributed by atoms with E-state index in [0.29, 0.717) is 0 Å². The summed E-state index contributed by atoms with van der Waals surface area (Å²) in [7, 11) is 0. The van der Waals surface area contributed by atoms with Crippen molar-refractivity contribution in [3.63, 3.8) is 0 Å². The van der Waals surface area contributed by atoms with Crippen molar-refractivity contribution in [3.8, 4) is 0 Å². The van der Waals surface area contributed by atoms with Gasteiger partial charge in [0.25, 0.3) is 0 Å². The number of carbonyl (C=O) groups is 1. The van der Waals surface area contributed by atoms with Crippen molar-refractivity contribution in [1.82, 2.24) is 10.6 Å². The smallest absolute Gasteiger partial charge is 0.246 e. The lowest BCUT2D eigenvalue weighted by Crippen LogP contribution is -2.59. The lowest BCUT2D eigenvalue weighted by molar-refractivity contribution is -0.136. The van der Waals surface area contributed by atoms with Crippen LogP contribution in [0.3, 0.4) is 0 Å². The number of amides is 1. The Morgan fingerprint density at radius 3 is 2.84 bits per heavy atom. The summed E-state index contributed by atoms with van der Waals surface area (Å²) in [5.74, 6) is -0.0334. The quantitative estimate of drug-likeness (QED) is 0.831. The van der Waals surface area contributed by atoms with Crippen molar-refractivity contribution in [2.75, 3.05) is 19.7 Å². The fraction of sp³-hybridized carbons (Fsp3) is 0.643. The Morgan fingerprint density at radius 2 is 2.32 bits per heavy atom. The molecular weight excluding hydrogens is 260 g/mol. The molecule has 1 aromatic heterocycles. The maximum absolute atomic E-state index is 11.8. The Bertz CT molecular complexity index is 440. The lowest BCUT2D eigenvalue weighted by atomic mass is 10.0. The summed E-state index contributed by atoms with van der Waals surface area (Å²) in [6.07, 6.45) is 0.878. The molecule has 2 N–H and O–H groups in total. The van der Waals surface area contributed by atoms with Gasteiger partial charge in [-0.1, -0.05) is 0 Å². The van der Waals surface area contributed by atoms with E-state index in [0.717, 1.165) is 19.5 Å². The second-order valence-electron chi connectivity index (χ2n) is 5.53. The van der Waals surface area contributed by atoms with E-state index in [9.17, 15) is 4.79 Å². The van der Waals surface area contributed by atoms with Gasteiger partial charge in [-0.05, 0) is 32.9 Å². The lowest BCUT2D eigenvalue weighted by Gasteiger charge is -2.38. The monoisotopic (exact) mass is 282 g/mol. The summed E-state index contributed by atoms with van der Waals surface area (Å²) in [5.41, 5.74) is -0.161. The SMILES string of the molecule is Cc1ccc(CC(C)NC(=O)COC2(C)CNC2)s1. The van der Waals surface area contributed by atoms with Crippen molar-refractivity contribution in [1.29, 1.82) is 0 Å². The molecule has 1 aromatic rings. The number of carbonyl (C=O) groups excluding carboxylic acids is 1. The number of hydrogen-bond acceptors (Lipinski definition) is 4. The summed E-state index contributed by atoms with van der Waals surface area (Å²) in [6.45, 7) is 7.94. The summed E-state index contributed by atoms with van der Waals surface area (Å²) < 4.78 is 5.61. The highest BCUT2D eigenvalue weighted by Gasteiger charge is 2.33. The largest absolute Gasteiger partial charge is 0.363 e. The molecule has 2 heterocycles. The maximum atomic E-state index is 11.8. The molecule has 0 bridgehead atoms. The predicted octanol–water partition coefficient (Wildman–Crippen LogP) is 1.48. The zero-order valence-electron chi connectivity index (χ0n) is 11.8. The second kappa shape index (κ2) is 6.03. The van der Waals surface area contributed by atoms with Crippen molar-refractivity contribution < 1.29 is 9.53 Å². The first kappa shape index (κ1) is 14.5. The fourth-order valence-corrected chi connectivity index (χ4v) is 3.10. The molecule has 0 spiro atoms. The second-order valence-corrected chi connectivity index (χ2v) is 6.90. The highest BCUT2D eigenvalue weighted by Crippen LogP contribution is 2.17. The van der Waals surface area contributed by atoms with Crippen LogP contribution in [0, 0.1) is 6.92 Å². The van der Waals surface area contributed by atoms with Gasteiger partial charge in [-0.2, -0.15) is 0 Å². The molecule has 2 rings (SSSR count). The number of hydrogen-bond donors (Lipinski definition) is 2. The average Bonchev–Trinajstić information content (AvgIpc) is 2.69. The van der Waals surface area contributed by atoms with Crippen LogP contribution in [-0.4, -0.2) is 37.2 Å². The molecule has 1 unspecified atom stereocenters. The van der Waals surface area contributed by atoms with E-state index in [1.807, 2.05) is 13.8 Å².